The van der Waals surface area contributed by atoms with E-state index in [1.54, 1.807) is 36.0 Å². The SMILES string of the molecule is N#Cc1ccc(COC(=O)[C@@H]2CN(Cc3ccc(C#N)cc3)CCS2)cc1. The van der Waals surface area contributed by atoms with Gasteiger partial charge in [-0.15, -0.1) is 11.8 Å². The van der Waals surface area contributed by atoms with Gasteiger partial charge in [0.05, 0.1) is 23.3 Å². The molecule has 0 spiro atoms. The highest BCUT2D eigenvalue weighted by molar-refractivity contribution is 8.00. The highest BCUT2D eigenvalue weighted by Crippen LogP contribution is 2.22. The van der Waals surface area contributed by atoms with Gasteiger partial charge < -0.3 is 4.74 Å². The van der Waals surface area contributed by atoms with Gasteiger partial charge in [-0.05, 0) is 35.4 Å². The molecule has 0 bridgehead atoms. The van der Waals surface area contributed by atoms with Crippen LogP contribution in [0.1, 0.15) is 22.3 Å². The monoisotopic (exact) mass is 377 g/mol. The van der Waals surface area contributed by atoms with Crippen LogP contribution >= 0.6 is 11.8 Å². The van der Waals surface area contributed by atoms with Crippen LogP contribution in [0.3, 0.4) is 0 Å². The molecule has 0 N–H and O–H groups in total. The predicted octanol–water partition coefficient (Wildman–Crippen LogP) is 3.09. The number of carbonyl (C=O) groups excluding carboxylic acids is 1. The standard InChI is InChI=1S/C21H19N3O2S/c22-11-16-1-5-18(6-2-16)13-24-9-10-27-20(14-24)21(25)26-15-19-7-3-17(12-23)4-8-19/h1-8,20H,9-10,13-15H2/t20-/m0/s1. The summed E-state index contributed by atoms with van der Waals surface area (Å²) >= 11 is 1.63. The van der Waals surface area contributed by atoms with E-state index in [4.69, 9.17) is 15.3 Å². The maximum Gasteiger partial charge on any atom is 0.320 e. The van der Waals surface area contributed by atoms with Gasteiger partial charge in [0.15, 0.2) is 0 Å². The smallest absolute Gasteiger partial charge is 0.320 e. The molecule has 0 unspecified atom stereocenters. The second-order valence-electron chi connectivity index (χ2n) is 6.32. The number of carbonyl (C=O) groups is 1. The number of nitrogens with zero attached hydrogens (tertiary/aromatic N) is 3. The molecule has 3 rings (SSSR count). The first kappa shape index (κ1) is 19.0. The molecule has 1 aliphatic rings. The summed E-state index contributed by atoms with van der Waals surface area (Å²) in [7, 11) is 0. The van der Waals surface area contributed by atoms with Gasteiger partial charge in [-0.2, -0.15) is 10.5 Å². The summed E-state index contributed by atoms with van der Waals surface area (Å²) in [5.41, 5.74) is 3.24. The number of thioether (sulfide) groups is 1. The topological polar surface area (TPSA) is 77.1 Å². The predicted molar refractivity (Wildman–Crippen MR) is 104 cm³/mol. The van der Waals surface area contributed by atoms with Crippen LogP contribution in [0.15, 0.2) is 48.5 Å². The number of hydrogen-bond acceptors (Lipinski definition) is 6. The molecule has 0 aromatic heterocycles. The van der Waals surface area contributed by atoms with Crippen molar-refractivity contribution in [3.63, 3.8) is 0 Å². The lowest BCUT2D eigenvalue weighted by Crippen LogP contribution is -2.41. The molecule has 6 heteroatoms. The van der Waals surface area contributed by atoms with Crippen LogP contribution < -0.4 is 0 Å². The van der Waals surface area contributed by atoms with Crippen molar-refractivity contribution in [2.45, 2.75) is 18.4 Å². The van der Waals surface area contributed by atoms with Crippen molar-refractivity contribution in [2.75, 3.05) is 18.8 Å². The second kappa shape index (κ2) is 9.23. The van der Waals surface area contributed by atoms with Crippen molar-refractivity contribution in [3.05, 3.63) is 70.8 Å². The van der Waals surface area contributed by atoms with E-state index in [-0.39, 0.29) is 17.8 Å². The minimum Gasteiger partial charge on any atom is -0.460 e. The number of nitriles is 2. The van der Waals surface area contributed by atoms with Crippen LogP contribution in [0.4, 0.5) is 0 Å². The Hall–Kier alpha value is -2.80. The minimum atomic E-state index is -0.200. The molecule has 1 atom stereocenters. The maximum absolute atomic E-state index is 12.4. The molecule has 1 fully saturated rings. The van der Waals surface area contributed by atoms with Crippen molar-refractivity contribution in [2.24, 2.45) is 0 Å². The number of hydrogen-bond donors (Lipinski definition) is 0. The van der Waals surface area contributed by atoms with Crippen LogP contribution in [0, 0.1) is 22.7 Å². The fourth-order valence-electron chi connectivity index (χ4n) is 2.85. The van der Waals surface area contributed by atoms with E-state index in [2.05, 4.69) is 17.0 Å². The fourth-order valence-corrected chi connectivity index (χ4v) is 4.02. The zero-order valence-corrected chi connectivity index (χ0v) is 15.6. The summed E-state index contributed by atoms with van der Waals surface area (Å²) in [5, 5.41) is 17.5. The van der Waals surface area contributed by atoms with E-state index in [0.717, 1.165) is 30.0 Å². The van der Waals surface area contributed by atoms with Crippen LogP contribution in [0.5, 0.6) is 0 Å². The van der Waals surface area contributed by atoms with Gasteiger partial charge in [0.2, 0.25) is 0 Å². The zero-order chi connectivity index (χ0) is 19.1. The van der Waals surface area contributed by atoms with E-state index >= 15 is 0 Å². The summed E-state index contributed by atoms with van der Waals surface area (Å²) in [6.07, 6.45) is 0. The molecule has 2 aromatic rings. The van der Waals surface area contributed by atoms with Gasteiger partial charge >= 0.3 is 5.97 Å². The molecule has 0 aliphatic carbocycles. The second-order valence-corrected chi connectivity index (χ2v) is 7.63. The minimum absolute atomic E-state index is 0.199. The van der Waals surface area contributed by atoms with E-state index in [1.165, 1.54) is 0 Å². The molecule has 27 heavy (non-hydrogen) atoms. The average Bonchev–Trinajstić information content (AvgIpc) is 2.73. The molecule has 2 aromatic carbocycles. The maximum atomic E-state index is 12.4. The Balaban J connectivity index is 1.51. The van der Waals surface area contributed by atoms with Gasteiger partial charge in [0.25, 0.3) is 0 Å². The number of benzene rings is 2. The summed E-state index contributed by atoms with van der Waals surface area (Å²) in [6.45, 7) is 2.55. The number of ether oxygens (including phenoxy) is 1. The van der Waals surface area contributed by atoms with Crippen LogP contribution in [-0.4, -0.2) is 35.0 Å². The molecule has 0 radical (unpaired) electrons. The molecule has 1 aliphatic heterocycles. The van der Waals surface area contributed by atoms with Crippen LogP contribution in [0.2, 0.25) is 0 Å². The van der Waals surface area contributed by atoms with Gasteiger partial charge in [-0.1, -0.05) is 24.3 Å². The normalized spacial score (nSPS) is 16.9. The Morgan fingerprint density at radius 2 is 1.63 bits per heavy atom. The summed E-state index contributed by atoms with van der Waals surface area (Å²) in [4.78, 5) is 14.7. The summed E-state index contributed by atoms with van der Waals surface area (Å²) in [6, 6.07) is 18.8. The number of esters is 1. The Morgan fingerprint density at radius 1 is 1.04 bits per heavy atom. The third-order valence-electron chi connectivity index (χ3n) is 4.37. The quantitative estimate of drug-likeness (QED) is 0.745. The van der Waals surface area contributed by atoms with E-state index in [0.29, 0.717) is 17.7 Å². The molecule has 0 amide bonds. The Kier molecular flexibility index (Phi) is 6.49. The van der Waals surface area contributed by atoms with E-state index in [1.807, 2.05) is 24.3 Å². The van der Waals surface area contributed by atoms with Crippen molar-refractivity contribution in [1.82, 2.24) is 4.90 Å². The van der Waals surface area contributed by atoms with Gasteiger partial charge in [0.1, 0.15) is 11.9 Å². The largest absolute Gasteiger partial charge is 0.460 e. The zero-order valence-electron chi connectivity index (χ0n) is 14.8. The molecular formula is C21H19N3O2S. The van der Waals surface area contributed by atoms with Gasteiger partial charge in [-0.25, -0.2) is 0 Å². The third-order valence-corrected chi connectivity index (χ3v) is 5.53. The van der Waals surface area contributed by atoms with E-state index < -0.39 is 0 Å². The first-order valence-electron chi connectivity index (χ1n) is 8.66. The molecule has 136 valence electrons. The van der Waals surface area contributed by atoms with Crippen LogP contribution in [-0.2, 0) is 22.7 Å². The average molecular weight is 377 g/mol. The lowest BCUT2D eigenvalue weighted by Gasteiger charge is -2.31. The number of rotatable bonds is 5. The van der Waals surface area contributed by atoms with Crippen molar-refractivity contribution in [1.29, 1.82) is 10.5 Å². The van der Waals surface area contributed by atoms with Gasteiger partial charge in [0, 0.05) is 25.4 Å². The Morgan fingerprint density at radius 3 is 2.22 bits per heavy atom. The molecular weight excluding hydrogens is 358 g/mol. The Labute approximate surface area is 163 Å². The van der Waals surface area contributed by atoms with Crippen molar-refractivity contribution in [3.8, 4) is 12.1 Å². The lowest BCUT2D eigenvalue weighted by molar-refractivity contribution is -0.144. The molecule has 5 nitrogen and oxygen atoms in total. The van der Waals surface area contributed by atoms with Crippen LogP contribution in [0.25, 0.3) is 0 Å². The highest BCUT2D eigenvalue weighted by atomic mass is 32.2. The Bertz CT molecular complexity index is 866. The highest BCUT2D eigenvalue weighted by Gasteiger charge is 2.27. The van der Waals surface area contributed by atoms with Gasteiger partial charge in [-0.3, -0.25) is 9.69 Å². The van der Waals surface area contributed by atoms with E-state index in [9.17, 15) is 4.79 Å². The summed E-state index contributed by atoms with van der Waals surface area (Å²) < 4.78 is 5.46. The first-order valence-corrected chi connectivity index (χ1v) is 9.71. The fraction of sp³-hybridized carbons (Fsp3) is 0.286. The molecule has 1 saturated heterocycles. The lowest BCUT2D eigenvalue weighted by atomic mass is 10.1. The molecule has 1 heterocycles. The van der Waals surface area contributed by atoms with Crippen molar-refractivity contribution >= 4 is 17.7 Å². The third kappa shape index (κ3) is 5.34. The molecule has 0 saturated carbocycles. The summed E-state index contributed by atoms with van der Waals surface area (Å²) in [5.74, 6) is 0.682. The van der Waals surface area contributed by atoms with Crippen molar-refractivity contribution < 1.29 is 9.53 Å². The first-order chi connectivity index (χ1) is 13.2.